The summed E-state index contributed by atoms with van der Waals surface area (Å²) >= 11 is 0. The summed E-state index contributed by atoms with van der Waals surface area (Å²) in [5, 5.41) is 3.50. The van der Waals surface area contributed by atoms with Crippen molar-refractivity contribution in [2.45, 2.75) is 39.2 Å². The third-order valence-corrected chi connectivity index (χ3v) is 6.17. The van der Waals surface area contributed by atoms with E-state index in [0.717, 1.165) is 48.4 Å². The molecule has 1 aromatic heterocycles. The second-order valence-corrected chi connectivity index (χ2v) is 8.53. The number of ether oxygens (including phenoxy) is 1. The number of hydrogen-bond donors (Lipinski definition) is 1. The molecule has 2 heterocycles. The number of piperidine rings is 1. The zero-order valence-corrected chi connectivity index (χ0v) is 18.9. The maximum atomic E-state index is 13.0. The second kappa shape index (κ2) is 9.57. The fourth-order valence-electron chi connectivity index (χ4n) is 4.51. The van der Waals surface area contributed by atoms with Crippen LogP contribution in [0.3, 0.4) is 0 Å². The first-order chi connectivity index (χ1) is 15.5. The summed E-state index contributed by atoms with van der Waals surface area (Å²) < 4.78 is 11.2. The molecule has 1 aliphatic rings. The first kappa shape index (κ1) is 22.1. The highest BCUT2D eigenvalue weighted by Crippen LogP contribution is 2.26. The summed E-state index contributed by atoms with van der Waals surface area (Å²) in [4.78, 5) is 28.0. The quantitative estimate of drug-likeness (QED) is 0.624. The van der Waals surface area contributed by atoms with Crippen molar-refractivity contribution in [3.8, 4) is 5.75 Å². The Morgan fingerprint density at radius 1 is 1.09 bits per heavy atom. The third-order valence-electron chi connectivity index (χ3n) is 6.17. The maximum Gasteiger partial charge on any atom is 0.287 e. The molecule has 0 unspecified atom stereocenters. The van der Waals surface area contributed by atoms with Crippen LogP contribution in [0.1, 0.15) is 52.5 Å². The average Bonchev–Trinajstić information content (AvgIpc) is 2.80. The summed E-state index contributed by atoms with van der Waals surface area (Å²) in [5.41, 5.74) is 3.22. The average molecular weight is 435 g/mol. The van der Waals surface area contributed by atoms with E-state index in [1.165, 1.54) is 12.5 Å². The Kier molecular flexibility index (Phi) is 6.61. The van der Waals surface area contributed by atoms with Gasteiger partial charge in [0.05, 0.1) is 18.5 Å². The molecule has 168 valence electrons. The Morgan fingerprint density at radius 2 is 1.81 bits per heavy atom. The van der Waals surface area contributed by atoms with Gasteiger partial charge in [-0.1, -0.05) is 24.6 Å². The Labute approximate surface area is 188 Å². The first-order valence-electron chi connectivity index (χ1n) is 11.2. The monoisotopic (exact) mass is 434 g/mol. The normalized spacial score (nSPS) is 15.5. The zero-order valence-electron chi connectivity index (χ0n) is 18.9. The fraction of sp³-hybridized carbons (Fsp3) is 0.385. The van der Waals surface area contributed by atoms with Gasteiger partial charge in [-0.2, -0.15) is 0 Å². The molecule has 1 amide bonds. The molecule has 0 radical (unpaired) electrons. The van der Waals surface area contributed by atoms with Gasteiger partial charge in [-0.3, -0.25) is 14.5 Å². The van der Waals surface area contributed by atoms with E-state index in [0.29, 0.717) is 17.5 Å². The molecule has 6 heteroatoms. The molecule has 3 aromatic rings. The summed E-state index contributed by atoms with van der Waals surface area (Å²) in [6.45, 7) is 6.24. The number of carbonyl (C=O) groups is 1. The van der Waals surface area contributed by atoms with Crippen LogP contribution in [-0.2, 0) is 0 Å². The van der Waals surface area contributed by atoms with Crippen LogP contribution in [0.25, 0.3) is 11.0 Å². The minimum absolute atomic E-state index is 0.0431. The number of amides is 1. The highest BCUT2D eigenvalue weighted by molar-refractivity contribution is 5.93. The fourth-order valence-corrected chi connectivity index (χ4v) is 4.51. The lowest BCUT2D eigenvalue weighted by atomic mass is 10.0. The third kappa shape index (κ3) is 4.70. The van der Waals surface area contributed by atoms with E-state index in [9.17, 15) is 9.59 Å². The largest absolute Gasteiger partial charge is 0.497 e. The zero-order chi connectivity index (χ0) is 22.7. The number of nitrogens with zero attached hydrogens (tertiary/aromatic N) is 1. The number of hydrogen-bond acceptors (Lipinski definition) is 5. The van der Waals surface area contributed by atoms with Crippen molar-refractivity contribution in [2.24, 2.45) is 0 Å². The van der Waals surface area contributed by atoms with Crippen LogP contribution in [0.2, 0.25) is 0 Å². The van der Waals surface area contributed by atoms with Gasteiger partial charge < -0.3 is 14.5 Å². The topological polar surface area (TPSA) is 71.8 Å². The maximum absolute atomic E-state index is 13.0. The Hall–Kier alpha value is -3.12. The second-order valence-electron chi connectivity index (χ2n) is 8.53. The van der Waals surface area contributed by atoms with Crippen LogP contribution in [0.4, 0.5) is 0 Å². The molecule has 1 aliphatic heterocycles. The van der Waals surface area contributed by atoms with Gasteiger partial charge in [0, 0.05) is 12.6 Å². The first-order valence-corrected chi connectivity index (χ1v) is 11.2. The van der Waals surface area contributed by atoms with Crippen LogP contribution >= 0.6 is 0 Å². The highest BCUT2D eigenvalue weighted by Gasteiger charge is 2.24. The van der Waals surface area contributed by atoms with Crippen molar-refractivity contribution in [1.82, 2.24) is 10.2 Å². The molecule has 6 nitrogen and oxygen atoms in total. The molecular weight excluding hydrogens is 404 g/mol. The van der Waals surface area contributed by atoms with E-state index in [1.807, 2.05) is 44.2 Å². The lowest BCUT2D eigenvalue weighted by Gasteiger charge is -2.35. The molecule has 1 saturated heterocycles. The van der Waals surface area contributed by atoms with Crippen molar-refractivity contribution in [2.75, 3.05) is 26.7 Å². The molecule has 0 spiro atoms. The van der Waals surface area contributed by atoms with Crippen LogP contribution in [0.5, 0.6) is 5.75 Å². The van der Waals surface area contributed by atoms with Crippen LogP contribution < -0.4 is 15.5 Å². The molecule has 1 atom stereocenters. The minimum Gasteiger partial charge on any atom is -0.497 e. The highest BCUT2D eigenvalue weighted by atomic mass is 16.5. The number of methoxy groups -OCH3 is 1. The molecule has 0 aliphatic carbocycles. The Balaban J connectivity index is 1.57. The van der Waals surface area contributed by atoms with Gasteiger partial charge in [0.1, 0.15) is 11.3 Å². The Morgan fingerprint density at radius 3 is 2.50 bits per heavy atom. The van der Waals surface area contributed by atoms with Gasteiger partial charge in [0.15, 0.2) is 11.2 Å². The Bertz CT molecular complexity index is 1160. The van der Waals surface area contributed by atoms with Crippen molar-refractivity contribution >= 4 is 16.9 Å². The van der Waals surface area contributed by atoms with Gasteiger partial charge >= 0.3 is 0 Å². The van der Waals surface area contributed by atoms with Crippen molar-refractivity contribution < 1.29 is 13.9 Å². The van der Waals surface area contributed by atoms with Gasteiger partial charge in [0.25, 0.3) is 5.91 Å². The van der Waals surface area contributed by atoms with Gasteiger partial charge in [-0.15, -0.1) is 0 Å². The molecule has 2 aromatic carbocycles. The summed E-state index contributed by atoms with van der Waals surface area (Å²) in [6.07, 6.45) is 3.54. The van der Waals surface area contributed by atoms with Gasteiger partial charge in [-0.25, -0.2) is 0 Å². The standard InChI is InChI=1S/C26H30N2O4/c1-17-13-18(2)25-21(14-17)23(29)15-24(32-25)26(30)27-16-22(28-11-5-4-6-12-28)19-7-9-20(31-3)10-8-19/h7-10,13-15,22H,4-6,11-12,16H2,1-3H3,(H,27,30)/t22-/m1/s1. The smallest absolute Gasteiger partial charge is 0.287 e. The molecule has 0 saturated carbocycles. The molecule has 1 N–H and O–H groups in total. The van der Waals surface area contributed by atoms with Crippen molar-refractivity contribution in [3.63, 3.8) is 0 Å². The summed E-state index contributed by atoms with van der Waals surface area (Å²) in [5.74, 6) is 0.472. The summed E-state index contributed by atoms with van der Waals surface area (Å²) in [6, 6.07) is 13.1. The predicted molar refractivity (Wildman–Crippen MR) is 125 cm³/mol. The van der Waals surface area contributed by atoms with Crippen LogP contribution in [-0.4, -0.2) is 37.6 Å². The lowest BCUT2D eigenvalue weighted by Crippen LogP contribution is -2.40. The number of aryl methyl sites for hydroxylation is 2. The number of rotatable bonds is 6. The number of benzene rings is 2. The van der Waals surface area contributed by atoms with Crippen molar-refractivity contribution in [1.29, 1.82) is 0 Å². The molecular formula is C26H30N2O4. The van der Waals surface area contributed by atoms with E-state index in [4.69, 9.17) is 9.15 Å². The number of nitrogens with one attached hydrogen (secondary N) is 1. The predicted octanol–water partition coefficient (Wildman–Crippen LogP) is 4.38. The summed E-state index contributed by atoms with van der Waals surface area (Å²) in [7, 11) is 1.65. The lowest BCUT2D eigenvalue weighted by molar-refractivity contribution is 0.0897. The number of fused-ring (bicyclic) bond motifs is 1. The van der Waals surface area contributed by atoms with E-state index in [2.05, 4.69) is 10.2 Å². The SMILES string of the molecule is COc1ccc([C@@H](CNC(=O)c2cc(=O)c3cc(C)cc(C)c3o2)N2CCCCC2)cc1. The van der Waals surface area contributed by atoms with Crippen LogP contribution in [0.15, 0.2) is 51.7 Å². The van der Waals surface area contributed by atoms with E-state index in [-0.39, 0.29) is 23.1 Å². The molecule has 4 rings (SSSR count). The number of likely N-dealkylation sites (tertiary alicyclic amines) is 1. The molecule has 1 fully saturated rings. The molecule has 0 bridgehead atoms. The van der Waals surface area contributed by atoms with E-state index >= 15 is 0 Å². The number of carbonyl (C=O) groups excluding carboxylic acids is 1. The van der Waals surface area contributed by atoms with E-state index in [1.54, 1.807) is 13.2 Å². The van der Waals surface area contributed by atoms with Gasteiger partial charge in [-0.05, 0) is 74.7 Å². The minimum atomic E-state index is -0.375. The molecule has 32 heavy (non-hydrogen) atoms. The van der Waals surface area contributed by atoms with Crippen LogP contribution in [0, 0.1) is 13.8 Å². The van der Waals surface area contributed by atoms with Crippen molar-refractivity contribution in [3.05, 3.63) is 75.1 Å². The van der Waals surface area contributed by atoms with E-state index < -0.39 is 0 Å². The van der Waals surface area contributed by atoms with Gasteiger partial charge in [0.2, 0.25) is 0 Å².